The van der Waals surface area contributed by atoms with E-state index in [4.69, 9.17) is 4.74 Å². The maximum Gasteiger partial charge on any atom is 0.338 e. The monoisotopic (exact) mass is 522 g/mol. The van der Waals surface area contributed by atoms with Crippen LogP contribution in [0, 0.1) is 12.7 Å². The minimum Gasteiger partial charge on any atom is -0.463 e. The molecule has 2 atom stereocenters. The lowest BCUT2D eigenvalue weighted by atomic mass is 9.94. The fraction of sp³-hybridized carbons (Fsp3) is 0.414. The van der Waals surface area contributed by atoms with Crippen LogP contribution in [0.15, 0.2) is 59.8 Å². The summed E-state index contributed by atoms with van der Waals surface area (Å²) in [4.78, 5) is 45.1. The zero-order valence-corrected chi connectivity index (χ0v) is 22.4. The van der Waals surface area contributed by atoms with Gasteiger partial charge in [-0.25, -0.2) is 14.0 Å². The summed E-state index contributed by atoms with van der Waals surface area (Å²) < 4.78 is 19.0. The van der Waals surface area contributed by atoms with Crippen LogP contribution in [0.25, 0.3) is 0 Å². The second kappa shape index (κ2) is 11.8. The number of nitrogens with zero attached hydrogens (tertiary/aromatic N) is 3. The van der Waals surface area contributed by atoms with E-state index in [-0.39, 0.29) is 24.6 Å². The van der Waals surface area contributed by atoms with E-state index in [2.05, 4.69) is 10.2 Å². The van der Waals surface area contributed by atoms with Gasteiger partial charge in [0.15, 0.2) is 0 Å². The van der Waals surface area contributed by atoms with Crippen LogP contribution in [0.2, 0.25) is 0 Å². The molecule has 1 fully saturated rings. The molecule has 1 N–H and O–H groups in total. The lowest BCUT2D eigenvalue weighted by Crippen LogP contribution is -2.56. The molecular formula is C29H35FN4O4. The number of piperazine rings is 1. The molecule has 0 saturated carbocycles. The van der Waals surface area contributed by atoms with E-state index in [1.807, 2.05) is 49.9 Å². The Morgan fingerprint density at radius 2 is 1.74 bits per heavy atom. The lowest BCUT2D eigenvalue weighted by molar-refractivity contribution is -0.139. The van der Waals surface area contributed by atoms with Crippen LogP contribution < -0.4 is 5.32 Å². The van der Waals surface area contributed by atoms with Crippen LogP contribution in [-0.2, 0) is 9.53 Å². The van der Waals surface area contributed by atoms with Gasteiger partial charge in [0.05, 0.1) is 18.2 Å². The van der Waals surface area contributed by atoms with Gasteiger partial charge in [-0.2, -0.15) is 0 Å². The Morgan fingerprint density at radius 3 is 2.34 bits per heavy atom. The van der Waals surface area contributed by atoms with Gasteiger partial charge in [0.2, 0.25) is 0 Å². The Morgan fingerprint density at radius 1 is 1.05 bits per heavy atom. The molecule has 2 aliphatic heterocycles. The van der Waals surface area contributed by atoms with E-state index >= 15 is 0 Å². The Bertz CT molecular complexity index is 1210. The van der Waals surface area contributed by atoms with E-state index in [1.165, 1.54) is 12.1 Å². The number of amides is 3. The number of carbonyl (C=O) groups is 3. The molecule has 0 spiro atoms. The SMILES string of the molecule is CCOC(=O)C1=C(CN2CCN(C(=O)c3ccc(C)cc3)[C@@H](C)C2)N(CC)C(=O)N[C@H]1c1ccc(F)cc1. The minimum absolute atomic E-state index is 0.00724. The molecular weight excluding hydrogens is 487 g/mol. The van der Waals surface area contributed by atoms with Crippen molar-refractivity contribution in [3.05, 3.63) is 82.3 Å². The summed E-state index contributed by atoms with van der Waals surface area (Å²) in [5, 5.41) is 2.90. The largest absolute Gasteiger partial charge is 0.463 e. The predicted molar refractivity (Wildman–Crippen MR) is 142 cm³/mol. The highest BCUT2D eigenvalue weighted by molar-refractivity contribution is 5.95. The quantitative estimate of drug-likeness (QED) is 0.558. The molecule has 4 rings (SSSR count). The highest BCUT2D eigenvalue weighted by atomic mass is 19.1. The maximum atomic E-state index is 13.6. The Labute approximate surface area is 223 Å². The average Bonchev–Trinajstić information content (AvgIpc) is 2.89. The van der Waals surface area contributed by atoms with Crippen molar-refractivity contribution in [1.29, 1.82) is 0 Å². The number of nitrogens with one attached hydrogen (secondary N) is 1. The molecule has 8 nitrogen and oxygen atoms in total. The third kappa shape index (κ3) is 5.72. The molecule has 2 aromatic rings. The van der Waals surface area contributed by atoms with Gasteiger partial charge in [-0.05, 0) is 57.5 Å². The summed E-state index contributed by atoms with van der Waals surface area (Å²) in [6.45, 7) is 10.1. The number of halogens is 1. The van der Waals surface area contributed by atoms with E-state index in [0.29, 0.717) is 55.1 Å². The van der Waals surface area contributed by atoms with Crippen molar-refractivity contribution in [3.8, 4) is 0 Å². The summed E-state index contributed by atoms with van der Waals surface area (Å²) in [5.41, 5.74) is 3.26. The van der Waals surface area contributed by atoms with E-state index < -0.39 is 17.8 Å². The van der Waals surface area contributed by atoms with Crippen LogP contribution >= 0.6 is 0 Å². The fourth-order valence-corrected chi connectivity index (χ4v) is 5.12. The smallest absolute Gasteiger partial charge is 0.338 e. The van der Waals surface area contributed by atoms with Crippen LogP contribution in [0.3, 0.4) is 0 Å². The first kappa shape index (κ1) is 27.3. The zero-order valence-electron chi connectivity index (χ0n) is 22.4. The molecule has 0 aliphatic carbocycles. The number of carbonyl (C=O) groups excluding carboxylic acids is 3. The molecule has 9 heteroatoms. The molecule has 202 valence electrons. The van der Waals surface area contributed by atoms with Crippen molar-refractivity contribution < 1.29 is 23.5 Å². The van der Waals surface area contributed by atoms with Crippen molar-refractivity contribution in [2.75, 3.05) is 39.3 Å². The van der Waals surface area contributed by atoms with E-state index in [9.17, 15) is 18.8 Å². The number of aryl methyl sites for hydroxylation is 1. The zero-order chi connectivity index (χ0) is 27.4. The van der Waals surface area contributed by atoms with Gasteiger partial charge in [0, 0.05) is 50.0 Å². The van der Waals surface area contributed by atoms with Crippen molar-refractivity contribution in [1.82, 2.24) is 20.0 Å². The second-order valence-electron chi connectivity index (χ2n) is 9.71. The van der Waals surface area contributed by atoms with Crippen molar-refractivity contribution in [2.45, 2.75) is 39.8 Å². The van der Waals surface area contributed by atoms with Crippen LogP contribution in [0.5, 0.6) is 0 Å². The molecule has 2 aromatic carbocycles. The molecule has 0 radical (unpaired) electrons. The second-order valence-corrected chi connectivity index (χ2v) is 9.71. The van der Waals surface area contributed by atoms with Gasteiger partial charge in [0.1, 0.15) is 5.82 Å². The molecule has 2 aliphatic rings. The molecule has 0 aromatic heterocycles. The summed E-state index contributed by atoms with van der Waals surface area (Å²) >= 11 is 0. The van der Waals surface area contributed by atoms with Gasteiger partial charge < -0.3 is 15.0 Å². The van der Waals surface area contributed by atoms with Gasteiger partial charge in [-0.15, -0.1) is 0 Å². The third-order valence-corrected chi connectivity index (χ3v) is 7.10. The van der Waals surface area contributed by atoms with Crippen molar-refractivity contribution >= 4 is 17.9 Å². The van der Waals surface area contributed by atoms with Crippen LogP contribution in [0.4, 0.5) is 9.18 Å². The summed E-state index contributed by atoms with van der Waals surface area (Å²) in [6, 6.07) is 12.2. The Hall–Kier alpha value is -3.72. The fourth-order valence-electron chi connectivity index (χ4n) is 5.12. The van der Waals surface area contributed by atoms with Crippen LogP contribution in [0.1, 0.15) is 48.3 Å². The summed E-state index contributed by atoms with van der Waals surface area (Å²) in [7, 11) is 0. The molecule has 38 heavy (non-hydrogen) atoms. The number of urea groups is 1. The third-order valence-electron chi connectivity index (χ3n) is 7.10. The maximum absolute atomic E-state index is 13.6. The van der Waals surface area contributed by atoms with E-state index in [1.54, 1.807) is 24.0 Å². The standard InChI is InChI=1S/C29H35FN4O4/c1-5-33-24(18-32-15-16-34(20(4)17-32)27(35)22-9-7-19(3)8-10-22)25(28(36)38-6-2)26(31-29(33)37)21-11-13-23(30)14-12-21/h7-14,20,26H,5-6,15-18H2,1-4H3,(H,31,37)/t20-,26-/m0/s1. The lowest BCUT2D eigenvalue weighted by Gasteiger charge is -2.43. The number of ether oxygens (including phenoxy) is 1. The van der Waals surface area contributed by atoms with E-state index in [0.717, 1.165) is 5.56 Å². The predicted octanol–water partition coefficient (Wildman–Crippen LogP) is 3.88. The topological polar surface area (TPSA) is 82.2 Å². The highest BCUT2D eigenvalue weighted by Crippen LogP contribution is 2.32. The number of rotatable bonds is 7. The number of benzene rings is 2. The first-order chi connectivity index (χ1) is 18.2. The van der Waals surface area contributed by atoms with Crippen molar-refractivity contribution in [3.63, 3.8) is 0 Å². The minimum atomic E-state index is -0.762. The van der Waals surface area contributed by atoms with Crippen LogP contribution in [-0.4, -0.2) is 78.0 Å². The summed E-state index contributed by atoms with van der Waals surface area (Å²) in [6.07, 6.45) is 0. The highest BCUT2D eigenvalue weighted by Gasteiger charge is 2.39. The Balaban J connectivity index is 1.62. The normalized spacial score (nSPS) is 20.4. The molecule has 1 saturated heterocycles. The van der Waals surface area contributed by atoms with Gasteiger partial charge in [-0.3, -0.25) is 14.6 Å². The molecule has 2 heterocycles. The number of hydrogen-bond donors (Lipinski definition) is 1. The first-order valence-corrected chi connectivity index (χ1v) is 13.1. The molecule has 0 bridgehead atoms. The average molecular weight is 523 g/mol. The summed E-state index contributed by atoms with van der Waals surface area (Å²) in [5.74, 6) is -0.927. The first-order valence-electron chi connectivity index (χ1n) is 13.1. The van der Waals surface area contributed by atoms with Gasteiger partial charge in [-0.1, -0.05) is 29.8 Å². The molecule has 3 amide bonds. The van der Waals surface area contributed by atoms with Gasteiger partial charge >= 0.3 is 12.0 Å². The van der Waals surface area contributed by atoms with Crippen molar-refractivity contribution in [2.24, 2.45) is 0 Å². The number of hydrogen-bond acceptors (Lipinski definition) is 5. The number of likely N-dealkylation sites (N-methyl/N-ethyl adjacent to an activating group) is 1. The van der Waals surface area contributed by atoms with Gasteiger partial charge in [0.25, 0.3) is 5.91 Å². The number of esters is 1. The Kier molecular flexibility index (Phi) is 8.46. The molecule has 0 unspecified atom stereocenters.